The summed E-state index contributed by atoms with van der Waals surface area (Å²) in [5.41, 5.74) is 3.87. The predicted octanol–water partition coefficient (Wildman–Crippen LogP) is 3.69. The first-order valence-electron chi connectivity index (χ1n) is 10.5. The fourth-order valence-corrected chi connectivity index (χ4v) is 6.60. The number of fused-ring (bicyclic) bond motifs is 1. The van der Waals surface area contributed by atoms with Crippen LogP contribution in [-0.4, -0.2) is 34.8 Å². The molecule has 0 atom stereocenters. The number of methoxy groups -OCH3 is 1. The molecule has 1 N–H and O–H groups in total. The van der Waals surface area contributed by atoms with Crippen molar-refractivity contribution >= 4 is 25.7 Å². The summed E-state index contributed by atoms with van der Waals surface area (Å²) in [6.07, 6.45) is 0.557. The van der Waals surface area contributed by atoms with Gasteiger partial charge in [-0.15, -0.1) is 0 Å². The summed E-state index contributed by atoms with van der Waals surface area (Å²) in [5.74, 6) is 0.454. The standard InChI is InChI=1S/C24H26N2O5S2/c1-18-5-3-4-6-20(18)17-32(27,28)25-22-8-7-19-13-14-26(16-21(19)15-22)33(29,30)24-11-9-23(31-2)10-12-24/h3-12,15,25H,13-14,16-17H2,1-2H3. The fraction of sp³-hybridized carbons (Fsp3) is 0.250. The number of aryl methyl sites for hydroxylation is 1. The van der Waals surface area contributed by atoms with Crippen LogP contribution in [0, 0.1) is 6.92 Å². The molecule has 0 amide bonds. The van der Waals surface area contributed by atoms with Crippen molar-refractivity contribution in [3.05, 3.63) is 89.0 Å². The van der Waals surface area contributed by atoms with Gasteiger partial charge in [0.2, 0.25) is 20.0 Å². The van der Waals surface area contributed by atoms with E-state index >= 15 is 0 Å². The fourth-order valence-electron chi connectivity index (χ4n) is 3.89. The zero-order valence-electron chi connectivity index (χ0n) is 18.5. The third kappa shape index (κ3) is 5.21. The maximum absolute atomic E-state index is 13.1. The van der Waals surface area contributed by atoms with Crippen LogP contribution in [0.25, 0.3) is 0 Å². The van der Waals surface area contributed by atoms with E-state index in [-0.39, 0.29) is 17.2 Å². The number of nitrogens with one attached hydrogen (secondary N) is 1. The Morgan fingerprint density at radius 1 is 0.939 bits per heavy atom. The molecule has 9 heteroatoms. The van der Waals surface area contributed by atoms with Gasteiger partial charge < -0.3 is 4.74 Å². The lowest BCUT2D eigenvalue weighted by Gasteiger charge is -2.28. The van der Waals surface area contributed by atoms with Crippen LogP contribution in [0.2, 0.25) is 0 Å². The third-order valence-electron chi connectivity index (χ3n) is 5.76. The van der Waals surface area contributed by atoms with E-state index in [0.717, 1.165) is 22.3 Å². The summed E-state index contributed by atoms with van der Waals surface area (Å²) in [5, 5.41) is 0. The molecule has 0 fully saturated rings. The van der Waals surface area contributed by atoms with Crippen LogP contribution in [0.3, 0.4) is 0 Å². The average molecular weight is 487 g/mol. The van der Waals surface area contributed by atoms with Gasteiger partial charge in [0.25, 0.3) is 0 Å². The molecule has 0 saturated heterocycles. The van der Waals surface area contributed by atoms with Gasteiger partial charge in [-0.1, -0.05) is 30.3 Å². The third-order valence-corrected chi connectivity index (χ3v) is 8.86. The number of anilines is 1. The Kier molecular flexibility index (Phi) is 6.47. The number of benzene rings is 3. The predicted molar refractivity (Wildman–Crippen MR) is 128 cm³/mol. The first-order chi connectivity index (χ1) is 15.7. The second kappa shape index (κ2) is 9.17. The summed E-state index contributed by atoms with van der Waals surface area (Å²) >= 11 is 0. The zero-order valence-corrected chi connectivity index (χ0v) is 20.1. The molecule has 1 aliphatic rings. The molecule has 4 rings (SSSR count). The molecule has 0 radical (unpaired) electrons. The monoisotopic (exact) mass is 486 g/mol. The largest absolute Gasteiger partial charge is 0.497 e. The van der Waals surface area contributed by atoms with Crippen LogP contribution in [0.5, 0.6) is 5.75 Å². The highest BCUT2D eigenvalue weighted by Crippen LogP contribution is 2.28. The summed E-state index contributed by atoms with van der Waals surface area (Å²) in [7, 11) is -5.78. The smallest absolute Gasteiger partial charge is 0.243 e. The first kappa shape index (κ1) is 23.3. The van der Waals surface area contributed by atoms with Crippen LogP contribution in [0.4, 0.5) is 5.69 Å². The average Bonchev–Trinajstić information content (AvgIpc) is 2.79. The van der Waals surface area contributed by atoms with Gasteiger partial charge in [-0.2, -0.15) is 4.31 Å². The molecule has 0 aliphatic carbocycles. The number of hydrogen-bond donors (Lipinski definition) is 1. The first-order valence-corrected chi connectivity index (χ1v) is 13.6. The normalized spacial score (nSPS) is 14.5. The van der Waals surface area contributed by atoms with Crippen LogP contribution in [-0.2, 0) is 38.8 Å². The van der Waals surface area contributed by atoms with Crippen molar-refractivity contribution in [3.63, 3.8) is 0 Å². The Hall–Kier alpha value is -2.88. The van der Waals surface area contributed by atoms with E-state index in [9.17, 15) is 16.8 Å². The molecule has 3 aromatic carbocycles. The molecule has 1 heterocycles. The maximum Gasteiger partial charge on any atom is 0.243 e. The van der Waals surface area contributed by atoms with Crippen LogP contribution >= 0.6 is 0 Å². The van der Waals surface area contributed by atoms with Crippen molar-refractivity contribution in [2.75, 3.05) is 18.4 Å². The van der Waals surface area contributed by atoms with Gasteiger partial charge in [0.15, 0.2) is 0 Å². The quantitative estimate of drug-likeness (QED) is 0.550. The highest BCUT2D eigenvalue weighted by atomic mass is 32.2. The summed E-state index contributed by atoms with van der Waals surface area (Å²) in [4.78, 5) is 0.196. The van der Waals surface area contributed by atoms with Crippen molar-refractivity contribution in [1.29, 1.82) is 0 Å². The molecule has 3 aromatic rings. The Morgan fingerprint density at radius 3 is 2.36 bits per heavy atom. The van der Waals surface area contributed by atoms with Gasteiger partial charge in [0, 0.05) is 18.8 Å². The van der Waals surface area contributed by atoms with Gasteiger partial charge in [-0.3, -0.25) is 4.72 Å². The van der Waals surface area contributed by atoms with Gasteiger partial charge in [0.05, 0.1) is 17.8 Å². The van der Waals surface area contributed by atoms with E-state index in [2.05, 4.69) is 4.72 Å². The van der Waals surface area contributed by atoms with Crippen LogP contribution < -0.4 is 9.46 Å². The van der Waals surface area contributed by atoms with Crippen molar-refractivity contribution in [2.24, 2.45) is 0 Å². The Bertz CT molecular complexity index is 1370. The molecular weight excluding hydrogens is 460 g/mol. The molecule has 0 aromatic heterocycles. The SMILES string of the molecule is COc1ccc(S(=O)(=O)N2CCc3ccc(NS(=O)(=O)Cc4ccccc4C)cc3C2)cc1. The number of ether oxygens (including phenoxy) is 1. The molecule has 1 aliphatic heterocycles. The van der Waals surface area contributed by atoms with Crippen LogP contribution in [0.1, 0.15) is 22.3 Å². The molecular formula is C24H26N2O5S2. The second-order valence-corrected chi connectivity index (χ2v) is 11.7. The highest BCUT2D eigenvalue weighted by Gasteiger charge is 2.28. The molecule has 7 nitrogen and oxygen atoms in total. The van der Waals surface area contributed by atoms with E-state index in [1.807, 2.05) is 31.2 Å². The zero-order chi connectivity index (χ0) is 23.6. The van der Waals surface area contributed by atoms with E-state index in [1.165, 1.54) is 23.5 Å². The molecule has 0 unspecified atom stereocenters. The highest BCUT2D eigenvalue weighted by molar-refractivity contribution is 7.92. The van der Waals surface area contributed by atoms with Crippen molar-refractivity contribution < 1.29 is 21.6 Å². The maximum atomic E-state index is 13.1. The van der Waals surface area contributed by atoms with Crippen molar-refractivity contribution in [1.82, 2.24) is 4.31 Å². The van der Waals surface area contributed by atoms with E-state index in [0.29, 0.717) is 24.4 Å². The van der Waals surface area contributed by atoms with Gasteiger partial charge >= 0.3 is 0 Å². The summed E-state index contributed by atoms with van der Waals surface area (Å²) in [6.45, 7) is 2.42. The molecule has 174 valence electrons. The number of hydrogen-bond acceptors (Lipinski definition) is 5. The molecule has 0 spiro atoms. The summed E-state index contributed by atoms with van der Waals surface area (Å²) < 4.78 is 60.8. The Balaban J connectivity index is 1.53. The Labute approximate surface area is 195 Å². The van der Waals surface area contributed by atoms with E-state index < -0.39 is 20.0 Å². The van der Waals surface area contributed by atoms with Crippen molar-refractivity contribution in [3.8, 4) is 5.75 Å². The minimum absolute atomic E-state index is 0.130. The minimum Gasteiger partial charge on any atom is -0.497 e. The van der Waals surface area contributed by atoms with Crippen molar-refractivity contribution in [2.45, 2.75) is 30.5 Å². The van der Waals surface area contributed by atoms with Gasteiger partial charge in [-0.05, 0) is 72.0 Å². The number of sulfonamides is 2. The lowest BCUT2D eigenvalue weighted by atomic mass is 10.0. The second-order valence-electron chi connectivity index (χ2n) is 8.04. The number of rotatable bonds is 7. The molecule has 33 heavy (non-hydrogen) atoms. The van der Waals surface area contributed by atoms with Gasteiger partial charge in [0.1, 0.15) is 5.75 Å². The molecule has 0 bridgehead atoms. The molecule has 0 saturated carbocycles. The number of nitrogens with zero attached hydrogens (tertiary/aromatic N) is 1. The van der Waals surface area contributed by atoms with E-state index in [4.69, 9.17) is 4.74 Å². The summed E-state index contributed by atoms with van der Waals surface area (Å²) in [6, 6.07) is 19.0. The lowest BCUT2D eigenvalue weighted by Crippen LogP contribution is -2.36. The van der Waals surface area contributed by atoms with E-state index in [1.54, 1.807) is 30.3 Å². The van der Waals surface area contributed by atoms with Crippen LogP contribution in [0.15, 0.2) is 71.6 Å². The lowest BCUT2D eigenvalue weighted by molar-refractivity contribution is 0.391. The Morgan fingerprint density at radius 2 is 1.67 bits per heavy atom. The minimum atomic E-state index is -3.68. The topological polar surface area (TPSA) is 92.8 Å². The van der Waals surface area contributed by atoms with Gasteiger partial charge in [-0.25, -0.2) is 16.8 Å².